The molecule has 0 fully saturated rings. The van der Waals surface area contributed by atoms with E-state index >= 15 is 0 Å². The fourth-order valence-corrected chi connectivity index (χ4v) is 8.54. The fraction of sp³-hybridized carbons (Fsp3) is 0. The van der Waals surface area contributed by atoms with Gasteiger partial charge in [-0.2, -0.15) is 9.97 Å². The third kappa shape index (κ3) is 4.71. The summed E-state index contributed by atoms with van der Waals surface area (Å²) in [7, 11) is 0. The van der Waals surface area contributed by atoms with Gasteiger partial charge >= 0.3 is 0 Å². The fourth-order valence-electron chi connectivity index (χ4n) is 8.54. The first-order valence-corrected chi connectivity index (χ1v) is 18.8. The van der Waals surface area contributed by atoms with Gasteiger partial charge < -0.3 is 4.42 Å². The summed E-state index contributed by atoms with van der Waals surface area (Å²) in [5.41, 5.74) is 7.57. The molecule has 0 aliphatic carbocycles. The number of furan rings is 1. The van der Waals surface area contributed by atoms with Gasteiger partial charge in [-0.1, -0.05) is 140 Å². The third-order valence-corrected chi connectivity index (χ3v) is 11.2. The van der Waals surface area contributed by atoms with E-state index in [-0.39, 0.29) is 0 Å². The van der Waals surface area contributed by atoms with Gasteiger partial charge in [-0.15, -0.1) is 0 Å². The Hall–Kier alpha value is -7.63. The molecule has 0 radical (unpaired) electrons. The summed E-state index contributed by atoms with van der Waals surface area (Å²) in [6.45, 7) is 0. The Labute approximate surface area is 320 Å². The molecule has 56 heavy (non-hydrogen) atoms. The van der Waals surface area contributed by atoms with Crippen molar-refractivity contribution in [2.75, 3.05) is 0 Å². The van der Waals surface area contributed by atoms with E-state index in [2.05, 4.69) is 187 Å². The standard InChI is InChI=1S/C51H30N4O/c1-2-13-33-27-37(24-23-31(33)11-1)34-16-9-17-38(28-34)49-52-50(42-21-10-20-40-43-29-35-14-3-4-15-36(35)30-46(43)56-48(40)42)54-51(53-49)55-44-22-8-7-19-41(44)47-39-18-6-5-12-32(39)25-26-45(47)55/h1-30H. The summed E-state index contributed by atoms with van der Waals surface area (Å²) >= 11 is 0. The molecule has 3 heterocycles. The van der Waals surface area contributed by atoms with Crippen LogP contribution in [0.5, 0.6) is 0 Å². The van der Waals surface area contributed by atoms with Crippen LogP contribution in [0.3, 0.4) is 0 Å². The molecule has 0 atom stereocenters. The molecule has 260 valence electrons. The van der Waals surface area contributed by atoms with E-state index in [0.717, 1.165) is 66.0 Å². The normalized spacial score (nSPS) is 11.9. The summed E-state index contributed by atoms with van der Waals surface area (Å²) in [6.07, 6.45) is 0. The number of hydrogen-bond donors (Lipinski definition) is 0. The summed E-state index contributed by atoms with van der Waals surface area (Å²) < 4.78 is 8.90. The average Bonchev–Trinajstić information content (AvgIpc) is 3.81. The quantitative estimate of drug-likeness (QED) is 0.182. The van der Waals surface area contributed by atoms with Crippen LogP contribution in [0.2, 0.25) is 0 Å². The maximum Gasteiger partial charge on any atom is 0.238 e. The van der Waals surface area contributed by atoms with Gasteiger partial charge in [0, 0.05) is 27.1 Å². The zero-order valence-corrected chi connectivity index (χ0v) is 30.0. The Balaban J connectivity index is 1.13. The lowest BCUT2D eigenvalue weighted by molar-refractivity contribution is 0.670. The summed E-state index contributed by atoms with van der Waals surface area (Å²) in [4.78, 5) is 15.9. The first-order valence-electron chi connectivity index (χ1n) is 18.8. The second kappa shape index (κ2) is 11.9. The van der Waals surface area contributed by atoms with Crippen LogP contribution in [0, 0.1) is 0 Å². The predicted molar refractivity (Wildman–Crippen MR) is 230 cm³/mol. The minimum Gasteiger partial charge on any atom is -0.455 e. The van der Waals surface area contributed by atoms with E-state index in [1.165, 1.54) is 32.3 Å². The molecule has 0 saturated heterocycles. The van der Waals surface area contributed by atoms with Crippen molar-refractivity contribution in [2.45, 2.75) is 0 Å². The smallest absolute Gasteiger partial charge is 0.238 e. The summed E-state index contributed by atoms with van der Waals surface area (Å²) in [5.74, 6) is 1.67. The second-order valence-electron chi connectivity index (χ2n) is 14.4. The van der Waals surface area contributed by atoms with Crippen molar-refractivity contribution >= 4 is 76.1 Å². The molecule has 5 nitrogen and oxygen atoms in total. The van der Waals surface area contributed by atoms with Crippen molar-refractivity contribution in [1.29, 1.82) is 0 Å². The maximum atomic E-state index is 6.72. The van der Waals surface area contributed by atoms with Gasteiger partial charge in [-0.3, -0.25) is 4.57 Å². The van der Waals surface area contributed by atoms with Crippen molar-refractivity contribution < 1.29 is 4.42 Å². The minimum atomic E-state index is 0.543. The molecule has 0 aliphatic heterocycles. The van der Waals surface area contributed by atoms with E-state index in [1.54, 1.807) is 0 Å². The number of para-hydroxylation sites is 2. The molecule has 0 bridgehead atoms. The molecule has 3 aromatic heterocycles. The van der Waals surface area contributed by atoms with Gasteiger partial charge in [0.15, 0.2) is 11.6 Å². The molecule has 0 aliphatic rings. The largest absolute Gasteiger partial charge is 0.455 e. The topological polar surface area (TPSA) is 56.7 Å². The molecule has 0 N–H and O–H groups in total. The maximum absolute atomic E-state index is 6.72. The van der Waals surface area contributed by atoms with Crippen LogP contribution < -0.4 is 0 Å². The third-order valence-electron chi connectivity index (χ3n) is 11.2. The summed E-state index contributed by atoms with van der Waals surface area (Å²) in [5, 5.41) is 11.5. The molecule has 12 rings (SSSR count). The van der Waals surface area contributed by atoms with E-state index in [4.69, 9.17) is 19.4 Å². The van der Waals surface area contributed by atoms with Crippen molar-refractivity contribution in [1.82, 2.24) is 19.5 Å². The zero-order chi connectivity index (χ0) is 36.7. The van der Waals surface area contributed by atoms with E-state index < -0.39 is 0 Å². The number of hydrogen-bond acceptors (Lipinski definition) is 4. The first-order chi connectivity index (χ1) is 27.7. The monoisotopic (exact) mass is 714 g/mol. The van der Waals surface area contributed by atoms with Crippen LogP contribution in [0.15, 0.2) is 186 Å². The van der Waals surface area contributed by atoms with Crippen molar-refractivity contribution in [3.63, 3.8) is 0 Å². The number of aromatic nitrogens is 4. The van der Waals surface area contributed by atoms with E-state index in [1.807, 2.05) is 0 Å². The molecule has 0 saturated carbocycles. The molecule has 9 aromatic carbocycles. The lowest BCUT2D eigenvalue weighted by Crippen LogP contribution is -2.06. The van der Waals surface area contributed by atoms with Crippen LogP contribution in [0.1, 0.15) is 0 Å². The minimum absolute atomic E-state index is 0.543. The number of benzene rings is 9. The lowest BCUT2D eigenvalue weighted by Gasteiger charge is -2.12. The lowest BCUT2D eigenvalue weighted by atomic mass is 9.99. The van der Waals surface area contributed by atoms with Crippen molar-refractivity contribution in [2.24, 2.45) is 0 Å². The molecule has 5 heteroatoms. The van der Waals surface area contributed by atoms with Gasteiger partial charge in [-0.25, -0.2) is 4.98 Å². The number of fused-ring (bicyclic) bond motifs is 10. The van der Waals surface area contributed by atoms with Crippen LogP contribution in [-0.2, 0) is 0 Å². The molecular weight excluding hydrogens is 685 g/mol. The number of nitrogens with zero attached hydrogens (tertiary/aromatic N) is 4. The van der Waals surface area contributed by atoms with Gasteiger partial charge in [0.05, 0.1) is 16.6 Å². The Kier molecular flexibility index (Phi) is 6.56. The highest BCUT2D eigenvalue weighted by Gasteiger charge is 2.21. The highest BCUT2D eigenvalue weighted by atomic mass is 16.3. The van der Waals surface area contributed by atoms with Crippen LogP contribution in [0.25, 0.3) is 116 Å². The highest BCUT2D eigenvalue weighted by Crippen LogP contribution is 2.40. The predicted octanol–water partition coefficient (Wildman–Crippen LogP) is 13.3. The van der Waals surface area contributed by atoms with E-state index in [9.17, 15) is 0 Å². The molecule has 12 aromatic rings. The van der Waals surface area contributed by atoms with Gasteiger partial charge in [0.1, 0.15) is 11.2 Å². The Morgan fingerprint density at radius 3 is 1.89 bits per heavy atom. The van der Waals surface area contributed by atoms with Crippen LogP contribution in [0.4, 0.5) is 0 Å². The van der Waals surface area contributed by atoms with Gasteiger partial charge in [-0.05, 0) is 85.9 Å². The summed E-state index contributed by atoms with van der Waals surface area (Å²) in [6, 6.07) is 64.0. The van der Waals surface area contributed by atoms with Crippen LogP contribution in [-0.4, -0.2) is 19.5 Å². The van der Waals surface area contributed by atoms with Crippen molar-refractivity contribution in [3.8, 4) is 39.9 Å². The van der Waals surface area contributed by atoms with Crippen LogP contribution >= 0.6 is 0 Å². The molecule has 0 amide bonds. The highest BCUT2D eigenvalue weighted by molar-refractivity contribution is 6.21. The van der Waals surface area contributed by atoms with Crippen molar-refractivity contribution in [3.05, 3.63) is 182 Å². The Bertz CT molecular complexity index is 3560. The average molecular weight is 715 g/mol. The SMILES string of the molecule is c1cc(-c2ccc3ccccc3c2)cc(-c2nc(-c3cccc4c3oc3cc5ccccc5cc34)nc(-n3c4ccccc4c4c5ccccc5ccc43)n2)c1. The van der Waals surface area contributed by atoms with Gasteiger partial charge in [0.25, 0.3) is 0 Å². The zero-order valence-electron chi connectivity index (χ0n) is 30.0. The van der Waals surface area contributed by atoms with Gasteiger partial charge in [0.2, 0.25) is 5.95 Å². The molecule has 0 spiro atoms. The number of rotatable bonds is 4. The second-order valence-corrected chi connectivity index (χ2v) is 14.4. The Morgan fingerprint density at radius 1 is 0.375 bits per heavy atom. The molecule has 0 unspecified atom stereocenters. The first kappa shape index (κ1) is 30.8. The molecular formula is C51H30N4O. The Morgan fingerprint density at radius 2 is 1.02 bits per heavy atom. The van der Waals surface area contributed by atoms with E-state index in [0.29, 0.717) is 17.6 Å².